The molecule has 0 radical (unpaired) electrons. The van der Waals surface area contributed by atoms with Gasteiger partial charge in [0.05, 0.1) is 24.6 Å². The number of imide groups is 1. The van der Waals surface area contributed by atoms with E-state index >= 15 is 0 Å². The molecular weight excluding hydrogens is 370 g/mol. The Morgan fingerprint density at radius 2 is 1.62 bits per heavy atom. The summed E-state index contributed by atoms with van der Waals surface area (Å²) in [4.78, 5) is 43.1. The quantitative estimate of drug-likeness (QED) is 0.559. The number of hydrogen-bond acceptors (Lipinski definition) is 5. The molecule has 4 rings (SSSR count). The Kier molecular flexibility index (Phi) is 5.56. The first-order valence-corrected chi connectivity index (χ1v) is 10.3. The zero-order valence-electron chi connectivity index (χ0n) is 16.8. The van der Waals surface area contributed by atoms with E-state index in [2.05, 4.69) is 4.90 Å². The van der Waals surface area contributed by atoms with Crippen LogP contribution in [0.1, 0.15) is 19.3 Å². The highest BCUT2D eigenvalue weighted by atomic mass is 16.5. The van der Waals surface area contributed by atoms with Gasteiger partial charge in [-0.05, 0) is 25.0 Å². The molecule has 3 aliphatic rings. The normalized spacial score (nSPS) is 24.1. The third kappa shape index (κ3) is 3.73. The zero-order valence-corrected chi connectivity index (χ0v) is 16.8. The Balaban J connectivity index is 1.29. The van der Waals surface area contributed by atoms with E-state index in [0.717, 1.165) is 24.5 Å². The number of rotatable bonds is 5. The van der Waals surface area contributed by atoms with Crippen LogP contribution in [0.2, 0.25) is 0 Å². The third-order valence-corrected chi connectivity index (χ3v) is 6.21. The highest BCUT2D eigenvalue weighted by Crippen LogP contribution is 2.35. The van der Waals surface area contributed by atoms with Crippen LogP contribution in [-0.2, 0) is 14.4 Å². The number of benzene rings is 1. The molecule has 0 aromatic heterocycles. The molecule has 7 nitrogen and oxygen atoms in total. The number of amides is 3. The molecule has 0 bridgehead atoms. The fourth-order valence-electron chi connectivity index (χ4n) is 4.54. The molecule has 0 N–H and O–H groups in total. The van der Waals surface area contributed by atoms with Crippen molar-refractivity contribution in [3.05, 3.63) is 36.4 Å². The van der Waals surface area contributed by atoms with Crippen LogP contribution in [-0.4, -0.2) is 67.4 Å². The predicted octanol–water partition coefficient (Wildman–Crippen LogP) is 1.69. The van der Waals surface area contributed by atoms with Gasteiger partial charge in [0.2, 0.25) is 17.7 Å². The summed E-state index contributed by atoms with van der Waals surface area (Å²) in [7, 11) is 1.66. The molecule has 0 saturated carbocycles. The summed E-state index contributed by atoms with van der Waals surface area (Å²) in [5.74, 6) is 0.142. The van der Waals surface area contributed by atoms with E-state index in [4.69, 9.17) is 4.74 Å². The largest absolute Gasteiger partial charge is 0.495 e. The number of methoxy groups -OCH3 is 1. The van der Waals surface area contributed by atoms with Gasteiger partial charge in [0.1, 0.15) is 5.75 Å². The number of fused-ring (bicyclic) bond motifs is 1. The van der Waals surface area contributed by atoms with Crippen molar-refractivity contribution in [2.24, 2.45) is 11.8 Å². The maximum atomic E-state index is 12.7. The molecule has 1 aliphatic carbocycles. The van der Waals surface area contributed by atoms with Gasteiger partial charge in [-0.15, -0.1) is 0 Å². The summed E-state index contributed by atoms with van der Waals surface area (Å²) in [6, 6.07) is 7.88. The van der Waals surface area contributed by atoms with E-state index in [-0.39, 0.29) is 42.5 Å². The Bertz CT molecular complexity index is 803. The van der Waals surface area contributed by atoms with E-state index in [1.54, 1.807) is 7.11 Å². The number of likely N-dealkylation sites (tertiary alicyclic amines) is 1. The van der Waals surface area contributed by atoms with E-state index in [0.29, 0.717) is 25.9 Å². The molecule has 2 saturated heterocycles. The number of carbonyl (C=O) groups is 3. The van der Waals surface area contributed by atoms with Gasteiger partial charge in [-0.25, -0.2) is 0 Å². The highest BCUT2D eigenvalue weighted by Gasteiger charge is 2.47. The van der Waals surface area contributed by atoms with Crippen molar-refractivity contribution >= 4 is 23.4 Å². The lowest BCUT2D eigenvalue weighted by atomic mass is 9.85. The summed E-state index contributed by atoms with van der Waals surface area (Å²) in [5.41, 5.74) is 1.03. The minimum absolute atomic E-state index is 0.00160. The first-order chi connectivity index (χ1) is 14.1. The predicted molar refractivity (Wildman–Crippen MR) is 108 cm³/mol. The van der Waals surface area contributed by atoms with Crippen molar-refractivity contribution in [1.29, 1.82) is 0 Å². The number of para-hydroxylation sites is 2. The molecule has 2 fully saturated rings. The molecule has 2 heterocycles. The summed E-state index contributed by atoms with van der Waals surface area (Å²) >= 11 is 0. The first kappa shape index (κ1) is 19.5. The summed E-state index contributed by atoms with van der Waals surface area (Å²) < 4.78 is 5.43. The smallest absolute Gasteiger partial charge is 0.233 e. The number of nitrogens with zero attached hydrogens (tertiary/aromatic N) is 3. The maximum Gasteiger partial charge on any atom is 0.233 e. The van der Waals surface area contributed by atoms with Gasteiger partial charge in [0, 0.05) is 39.1 Å². The van der Waals surface area contributed by atoms with Crippen LogP contribution in [0.15, 0.2) is 36.4 Å². The lowest BCUT2D eigenvalue weighted by Crippen LogP contribution is -2.49. The molecule has 2 atom stereocenters. The van der Waals surface area contributed by atoms with Gasteiger partial charge in [-0.2, -0.15) is 0 Å². The average molecular weight is 397 g/mol. The van der Waals surface area contributed by atoms with Gasteiger partial charge in [-0.1, -0.05) is 24.3 Å². The topological polar surface area (TPSA) is 70.2 Å². The fourth-order valence-corrected chi connectivity index (χ4v) is 4.54. The van der Waals surface area contributed by atoms with Gasteiger partial charge >= 0.3 is 0 Å². The molecule has 1 aromatic carbocycles. The van der Waals surface area contributed by atoms with E-state index in [9.17, 15) is 14.4 Å². The average Bonchev–Trinajstić information content (AvgIpc) is 3.02. The van der Waals surface area contributed by atoms with Crippen LogP contribution in [0, 0.1) is 11.8 Å². The summed E-state index contributed by atoms with van der Waals surface area (Å²) in [5, 5.41) is 0. The molecule has 3 amide bonds. The van der Waals surface area contributed by atoms with Gasteiger partial charge in [0.25, 0.3) is 0 Å². The minimum atomic E-state index is -0.230. The fraction of sp³-hybridized carbons (Fsp3) is 0.500. The number of hydrogen-bond donors (Lipinski definition) is 0. The van der Waals surface area contributed by atoms with Crippen LogP contribution >= 0.6 is 0 Å². The highest BCUT2D eigenvalue weighted by molar-refractivity contribution is 6.05. The Hall–Kier alpha value is -2.83. The second-order valence-electron chi connectivity index (χ2n) is 7.77. The number of carbonyl (C=O) groups excluding carboxylic acids is 3. The van der Waals surface area contributed by atoms with Crippen LogP contribution < -0.4 is 9.64 Å². The lowest BCUT2D eigenvalue weighted by molar-refractivity contribution is -0.140. The van der Waals surface area contributed by atoms with E-state index in [1.807, 2.05) is 41.3 Å². The number of allylic oxidation sites excluding steroid dienone is 2. The van der Waals surface area contributed by atoms with Crippen molar-refractivity contribution in [2.75, 3.05) is 44.7 Å². The van der Waals surface area contributed by atoms with Crippen LogP contribution in [0.3, 0.4) is 0 Å². The Labute approximate surface area is 170 Å². The minimum Gasteiger partial charge on any atom is -0.495 e. The first-order valence-electron chi connectivity index (χ1n) is 10.3. The SMILES string of the molecule is COc1ccccc1N1CCN(C(=O)CCN2C(=O)[C@@H]3CC=CC[C@H]3C2=O)CC1. The Morgan fingerprint density at radius 3 is 2.24 bits per heavy atom. The zero-order chi connectivity index (χ0) is 20.4. The van der Waals surface area contributed by atoms with Crippen LogP contribution in [0.4, 0.5) is 5.69 Å². The molecule has 0 spiro atoms. The second kappa shape index (κ2) is 8.27. The van der Waals surface area contributed by atoms with E-state index in [1.165, 1.54) is 4.90 Å². The molecule has 154 valence electrons. The molecule has 1 aromatic rings. The number of piperazine rings is 1. The molecular formula is C22H27N3O4. The van der Waals surface area contributed by atoms with Crippen molar-refractivity contribution in [1.82, 2.24) is 9.80 Å². The van der Waals surface area contributed by atoms with Gasteiger partial charge in [0.15, 0.2) is 0 Å². The number of anilines is 1. The maximum absolute atomic E-state index is 12.7. The van der Waals surface area contributed by atoms with Crippen molar-refractivity contribution < 1.29 is 19.1 Å². The lowest BCUT2D eigenvalue weighted by Gasteiger charge is -2.36. The monoisotopic (exact) mass is 397 g/mol. The van der Waals surface area contributed by atoms with E-state index < -0.39 is 0 Å². The number of ether oxygens (including phenoxy) is 1. The molecule has 2 aliphatic heterocycles. The van der Waals surface area contributed by atoms with Crippen LogP contribution in [0.25, 0.3) is 0 Å². The summed E-state index contributed by atoms with van der Waals surface area (Å²) in [6.45, 7) is 2.88. The molecule has 29 heavy (non-hydrogen) atoms. The van der Waals surface area contributed by atoms with Crippen molar-refractivity contribution in [2.45, 2.75) is 19.3 Å². The summed E-state index contributed by atoms with van der Waals surface area (Å²) in [6.07, 6.45) is 5.40. The van der Waals surface area contributed by atoms with Gasteiger partial charge in [-0.3, -0.25) is 19.3 Å². The Morgan fingerprint density at radius 1 is 1.00 bits per heavy atom. The van der Waals surface area contributed by atoms with Crippen molar-refractivity contribution in [3.8, 4) is 5.75 Å². The van der Waals surface area contributed by atoms with Crippen LogP contribution in [0.5, 0.6) is 5.75 Å². The third-order valence-electron chi connectivity index (χ3n) is 6.21. The van der Waals surface area contributed by atoms with Gasteiger partial charge < -0.3 is 14.5 Å². The second-order valence-corrected chi connectivity index (χ2v) is 7.77. The molecule has 0 unspecified atom stereocenters. The standard InChI is InChI=1S/C22H27N3O4/c1-29-19-9-5-4-8-18(19)23-12-14-24(15-13-23)20(26)10-11-25-21(27)16-6-2-3-7-17(16)22(25)28/h2-5,8-9,16-17H,6-7,10-15H2,1H3/t16-,17-/m1/s1. The van der Waals surface area contributed by atoms with Crippen molar-refractivity contribution in [3.63, 3.8) is 0 Å². The molecule has 7 heteroatoms.